The number of amides is 2. The summed E-state index contributed by atoms with van der Waals surface area (Å²) in [4.78, 5) is 48.2. The molecule has 1 aromatic rings. The number of anilines is 1. The maximum Gasteiger partial charge on any atom is 0.229 e. The summed E-state index contributed by atoms with van der Waals surface area (Å²) < 4.78 is 0. The van der Waals surface area contributed by atoms with Gasteiger partial charge in [-0.2, -0.15) is 0 Å². The number of ketones is 2. The summed E-state index contributed by atoms with van der Waals surface area (Å²) >= 11 is 0. The second-order valence-electron chi connectivity index (χ2n) is 5.98. The molecule has 1 fully saturated rings. The molecule has 1 heterocycles. The van der Waals surface area contributed by atoms with Gasteiger partial charge in [-0.15, -0.1) is 6.42 Å². The molecule has 1 aromatic carbocycles. The third kappa shape index (κ3) is 2.81. The molecule has 2 amide bonds. The van der Waals surface area contributed by atoms with Gasteiger partial charge in [-0.25, -0.2) is 0 Å². The molecule has 2 N–H and O–H groups in total. The lowest BCUT2D eigenvalue weighted by atomic mass is 9.86. The van der Waals surface area contributed by atoms with Crippen molar-refractivity contribution in [1.29, 1.82) is 0 Å². The molecule has 0 spiro atoms. The Morgan fingerprint density at radius 2 is 1.92 bits per heavy atom. The summed E-state index contributed by atoms with van der Waals surface area (Å²) in [5.41, 5.74) is 1.41. The minimum Gasteiger partial charge on any atom is -0.374 e. The number of terminal acetylenes is 1. The maximum absolute atomic E-state index is 12.6. The van der Waals surface area contributed by atoms with E-state index in [0.29, 0.717) is 29.8 Å². The number of carbonyl (C=O) groups excluding carboxylic acids is 4. The first-order valence-corrected chi connectivity index (χ1v) is 7.74. The van der Waals surface area contributed by atoms with Crippen molar-refractivity contribution in [2.75, 3.05) is 11.9 Å². The summed E-state index contributed by atoms with van der Waals surface area (Å²) in [5, 5.41) is 5.22. The van der Waals surface area contributed by atoms with Crippen LogP contribution in [0.5, 0.6) is 0 Å². The van der Waals surface area contributed by atoms with E-state index >= 15 is 0 Å². The van der Waals surface area contributed by atoms with Crippen LogP contribution in [0.15, 0.2) is 18.2 Å². The standard InChI is InChI=1S/C18H16N2O4/c1-2-7-19-11-4-5-12-13(9-11)17(23)14(16(12)22)8-10-3-6-15(21)20-18(10)24/h1,4-5,9-10,14,19H,3,6-8H2,(H,20,21,24). The largest absolute Gasteiger partial charge is 0.374 e. The van der Waals surface area contributed by atoms with Gasteiger partial charge in [0.15, 0.2) is 11.6 Å². The average Bonchev–Trinajstić information content (AvgIpc) is 2.80. The Labute approximate surface area is 139 Å². The topological polar surface area (TPSA) is 92.3 Å². The van der Waals surface area contributed by atoms with Gasteiger partial charge in [0.25, 0.3) is 0 Å². The smallest absolute Gasteiger partial charge is 0.229 e. The number of fused-ring (bicyclic) bond motifs is 1. The van der Waals surface area contributed by atoms with Crippen molar-refractivity contribution in [2.24, 2.45) is 11.8 Å². The van der Waals surface area contributed by atoms with Gasteiger partial charge in [0.1, 0.15) is 0 Å². The Bertz CT molecular complexity index is 791. The van der Waals surface area contributed by atoms with Gasteiger partial charge in [0, 0.05) is 29.2 Å². The molecule has 1 aliphatic carbocycles. The summed E-state index contributed by atoms with van der Waals surface area (Å²) in [7, 11) is 0. The minimum absolute atomic E-state index is 0.137. The lowest BCUT2D eigenvalue weighted by molar-refractivity contribution is -0.136. The van der Waals surface area contributed by atoms with Crippen LogP contribution >= 0.6 is 0 Å². The normalized spacial score (nSPS) is 22.8. The van der Waals surface area contributed by atoms with E-state index in [1.807, 2.05) is 0 Å². The Morgan fingerprint density at radius 3 is 2.62 bits per heavy atom. The molecule has 122 valence electrons. The number of rotatable bonds is 4. The predicted molar refractivity (Wildman–Crippen MR) is 86.4 cm³/mol. The summed E-state index contributed by atoms with van der Waals surface area (Å²) in [5.74, 6) is -0.157. The molecule has 0 saturated carbocycles. The zero-order valence-corrected chi connectivity index (χ0v) is 12.9. The van der Waals surface area contributed by atoms with Crippen LogP contribution in [0.3, 0.4) is 0 Å². The lowest BCUT2D eigenvalue weighted by Crippen LogP contribution is -2.42. The summed E-state index contributed by atoms with van der Waals surface area (Å²) in [6.07, 6.45) is 5.93. The Hall–Kier alpha value is -2.94. The molecule has 2 atom stereocenters. The Kier molecular flexibility index (Phi) is 4.17. The molecular weight excluding hydrogens is 308 g/mol. The molecular formula is C18H16N2O4. The van der Waals surface area contributed by atoms with Crippen LogP contribution in [0.1, 0.15) is 40.0 Å². The SMILES string of the molecule is C#CCNc1ccc2c(c1)C(=O)C(CC1CCC(=O)NC1=O)C2=O. The molecule has 1 aliphatic heterocycles. The Morgan fingerprint density at radius 1 is 1.17 bits per heavy atom. The van der Waals surface area contributed by atoms with Crippen LogP contribution in [-0.2, 0) is 9.59 Å². The molecule has 0 radical (unpaired) electrons. The third-order valence-corrected chi connectivity index (χ3v) is 4.45. The van der Waals surface area contributed by atoms with E-state index in [1.165, 1.54) is 0 Å². The van der Waals surface area contributed by atoms with E-state index in [9.17, 15) is 19.2 Å². The maximum atomic E-state index is 12.6. The van der Waals surface area contributed by atoms with Gasteiger partial charge >= 0.3 is 0 Å². The first-order valence-electron chi connectivity index (χ1n) is 7.74. The van der Waals surface area contributed by atoms with Crippen LogP contribution in [0.25, 0.3) is 0 Å². The fraction of sp³-hybridized carbons (Fsp3) is 0.333. The quantitative estimate of drug-likeness (QED) is 0.493. The van der Waals surface area contributed by atoms with E-state index in [4.69, 9.17) is 6.42 Å². The minimum atomic E-state index is -0.855. The van der Waals surface area contributed by atoms with Gasteiger partial charge in [-0.3, -0.25) is 24.5 Å². The predicted octanol–water partition coefficient (Wildman–Crippen LogP) is 1.17. The number of hydrogen-bond acceptors (Lipinski definition) is 5. The molecule has 1 saturated heterocycles. The molecule has 24 heavy (non-hydrogen) atoms. The van der Waals surface area contributed by atoms with Crippen LogP contribution in [0.2, 0.25) is 0 Å². The zero-order chi connectivity index (χ0) is 17.3. The van der Waals surface area contributed by atoms with E-state index in [1.54, 1.807) is 18.2 Å². The molecule has 3 rings (SSSR count). The molecule has 0 bridgehead atoms. The number of benzene rings is 1. The van der Waals surface area contributed by atoms with Crippen LogP contribution in [-0.4, -0.2) is 29.9 Å². The van der Waals surface area contributed by atoms with Gasteiger partial charge in [0.05, 0.1) is 12.5 Å². The fourth-order valence-electron chi connectivity index (χ4n) is 3.18. The molecule has 2 unspecified atom stereocenters. The van der Waals surface area contributed by atoms with Crippen LogP contribution in [0, 0.1) is 24.2 Å². The highest BCUT2D eigenvalue weighted by Gasteiger charge is 2.41. The van der Waals surface area contributed by atoms with Crippen molar-refractivity contribution in [3.05, 3.63) is 29.3 Å². The van der Waals surface area contributed by atoms with Crippen LogP contribution in [0.4, 0.5) is 5.69 Å². The molecule has 0 aromatic heterocycles. The van der Waals surface area contributed by atoms with Crippen LogP contribution < -0.4 is 10.6 Å². The fourth-order valence-corrected chi connectivity index (χ4v) is 3.18. The summed E-state index contributed by atoms with van der Waals surface area (Å²) in [6, 6.07) is 4.94. The number of hydrogen-bond donors (Lipinski definition) is 2. The van der Waals surface area contributed by atoms with Crippen molar-refractivity contribution >= 4 is 29.1 Å². The van der Waals surface area contributed by atoms with E-state index in [2.05, 4.69) is 16.6 Å². The van der Waals surface area contributed by atoms with Gasteiger partial charge in [-0.1, -0.05) is 5.92 Å². The van der Waals surface area contributed by atoms with E-state index in [0.717, 1.165) is 0 Å². The van der Waals surface area contributed by atoms with Gasteiger partial charge in [-0.05, 0) is 31.0 Å². The monoisotopic (exact) mass is 324 g/mol. The van der Waals surface area contributed by atoms with Gasteiger partial charge in [0.2, 0.25) is 11.8 Å². The van der Waals surface area contributed by atoms with Crippen molar-refractivity contribution in [3.63, 3.8) is 0 Å². The Balaban J connectivity index is 1.78. The third-order valence-electron chi connectivity index (χ3n) is 4.45. The lowest BCUT2D eigenvalue weighted by Gasteiger charge is -2.22. The van der Waals surface area contributed by atoms with E-state index < -0.39 is 17.7 Å². The molecule has 2 aliphatic rings. The number of Topliss-reactive ketones (excluding diaryl/α,β-unsaturated/α-hetero) is 2. The molecule has 6 nitrogen and oxygen atoms in total. The van der Waals surface area contributed by atoms with E-state index in [-0.39, 0.29) is 30.3 Å². The average molecular weight is 324 g/mol. The zero-order valence-electron chi connectivity index (χ0n) is 12.9. The highest BCUT2D eigenvalue weighted by atomic mass is 16.2. The number of imide groups is 1. The first kappa shape index (κ1) is 15.9. The second kappa shape index (κ2) is 6.28. The van der Waals surface area contributed by atoms with Crippen molar-refractivity contribution in [2.45, 2.75) is 19.3 Å². The first-order chi connectivity index (χ1) is 11.5. The number of carbonyl (C=O) groups is 4. The summed E-state index contributed by atoms with van der Waals surface area (Å²) in [6.45, 7) is 0.320. The van der Waals surface area contributed by atoms with Crippen molar-refractivity contribution in [1.82, 2.24) is 5.32 Å². The highest BCUT2D eigenvalue weighted by molar-refractivity contribution is 6.26. The number of nitrogens with one attached hydrogen (secondary N) is 2. The highest BCUT2D eigenvalue weighted by Crippen LogP contribution is 2.34. The number of piperidine rings is 1. The van der Waals surface area contributed by atoms with Crippen molar-refractivity contribution in [3.8, 4) is 12.3 Å². The van der Waals surface area contributed by atoms with Crippen molar-refractivity contribution < 1.29 is 19.2 Å². The molecule has 6 heteroatoms. The second-order valence-corrected chi connectivity index (χ2v) is 5.98. The van der Waals surface area contributed by atoms with Gasteiger partial charge < -0.3 is 5.32 Å².